The number of rotatable bonds is 6. The van der Waals surface area contributed by atoms with E-state index in [0.29, 0.717) is 16.8 Å². The molecule has 1 aliphatic rings. The monoisotopic (exact) mass is 404 g/mol. The predicted octanol–water partition coefficient (Wildman–Crippen LogP) is 4.76. The molecular formula is C22H23F3N2O2. The van der Waals surface area contributed by atoms with Crippen LogP contribution in [-0.2, 0) is 16.4 Å². The first-order valence-electron chi connectivity index (χ1n) is 9.43. The fourth-order valence-electron chi connectivity index (χ4n) is 2.92. The minimum absolute atomic E-state index is 0.00922. The largest absolute Gasteiger partial charge is 0.416 e. The van der Waals surface area contributed by atoms with Gasteiger partial charge in [0.2, 0.25) is 5.91 Å². The normalized spacial score (nSPS) is 14.4. The fraction of sp³-hybridized carbons (Fsp3) is 0.364. The Kier molecular flexibility index (Phi) is 5.68. The van der Waals surface area contributed by atoms with E-state index < -0.39 is 17.2 Å². The Morgan fingerprint density at radius 1 is 1.00 bits per heavy atom. The topological polar surface area (TPSA) is 58.2 Å². The van der Waals surface area contributed by atoms with E-state index in [0.717, 1.165) is 25.0 Å². The second-order valence-electron chi connectivity index (χ2n) is 7.99. The van der Waals surface area contributed by atoms with Gasteiger partial charge in [0.25, 0.3) is 5.91 Å². The lowest BCUT2D eigenvalue weighted by atomic mass is 9.83. The van der Waals surface area contributed by atoms with Gasteiger partial charge in [-0.2, -0.15) is 13.2 Å². The lowest BCUT2D eigenvalue weighted by Gasteiger charge is -2.26. The van der Waals surface area contributed by atoms with Crippen molar-refractivity contribution in [2.45, 2.75) is 38.3 Å². The zero-order valence-electron chi connectivity index (χ0n) is 16.3. The molecule has 2 N–H and O–H groups in total. The molecule has 0 atom stereocenters. The van der Waals surface area contributed by atoms with Gasteiger partial charge in [-0.05, 0) is 48.7 Å². The van der Waals surface area contributed by atoms with Gasteiger partial charge in [-0.3, -0.25) is 9.59 Å². The summed E-state index contributed by atoms with van der Waals surface area (Å²) in [5.74, 6) is -0.244. The number of carbonyl (C=O) groups is 2. The molecule has 3 rings (SSSR count). The number of benzene rings is 2. The van der Waals surface area contributed by atoms with Gasteiger partial charge in [0, 0.05) is 29.1 Å². The van der Waals surface area contributed by atoms with Crippen molar-refractivity contribution in [2.24, 2.45) is 5.92 Å². The third-order valence-corrected chi connectivity index (χ3v) is 5.03. The third-order valence-electron chi connectivity index (χ3n) is 5.03. The average Bonchev–Trinajstić information content (AvgIpc) is 3.51. The number of nitrogens with one attached hydrogen (secondary N) is 2. The van der Waals surface area contributed by atoms with E-state index in [2.05, 4.69) is 10.6 Å². The average molecular weight is 404 g/mol. The molecule has 1 fully saturated rings. The van der Waals surface area contributed by atoms with Crippen LogP contribution in [0.4, 0.5) is 18.9 Å². The molecule has 7 heteroatoms. The van der Waals surface area contributed by atoms with E-state index in [4.69, 9.17) is 0 Å². The summed E-state index contributed by atoms with van der Waals surface area (Å²) in [6.07, 6.45) is -2.59. The summed E-state index contributed by atoms with van der Waals surface area (Å²) in [7, 11) is 0. The van der Waals surface area contributed by atoms with Crippen LogP contribution >= 0.6 is 0 Å². The summed E-state index contributed by atoms with van der Waals surface area (Å²) >= 11 is 0. The molecular weight excluding hydrogens is 381 g/mol. The van der Waals surface area contributed by atoms with E-state index in [1.807, 2.05) is 0 Å². The first kappa shape index (κ1) is 20.9. The van der Waals surface area contributed by atoms with E-state index in [-0.39, 0.29) is 24.3 Å². The lowest BCUT2D eigenvalue weighted by molar-refractivity contribution is -0.137. The lowest BCUT2D eigenvalue weighted by Crippen LogP contribution is -2.36. The third kappa shape index (κ3) is 5.37. The van der Waals surface area contributed by atoms with Crippen molar-refractivity contribution in [1.29, 1.82) is 0 Å². The Morgan fingerprint density at radius 2 is 1.62 bits per heavy atom. The molecule has 0 heterocycles. The summed E-state index contributed by atoms with van der Waals surface area (Å²) in [6, 6.07) is 11.7. The van der Waals surface area contributed by atoms with Gasteiger partial charge in [0.05, 0.1) is 5.56 Å². The van der Waals surface area contributed by atoms with Crippen LogP contribution in [0.1, 0.15) is 48.2 Å². The smallest absolute Gasteiger partial charge is 0.351 e. The van der Waals surface area contributed by atoms with Crippen LogP contribution in [-0.4, -0.2) is 18.4 Å². The zero-order valence-corrected chi connectivity index (χ0v) is 16.3. The quantitative estimate of drug-likeness (QED) is 0.729. The van der Waals surface area contributed by atoms with Crippen molar-refractivity contribution in [3.8, 4) is 0 Å². The van der Waals surface area contributed by atoms with Crippen LogP contribution in [0.25, 0.3) is 0 Å². The van der Waals surface area contributed by atoms with Crippen LogP contribution in [0.2, 0.25) is 0 Å². The van der Waals surface area contributed by atoms with Gasteiger partial charge < -0.3 is 10.6 Å². The molecule has 0 bridgehead atoms. The van der Waals surface area contributed by atoms with Crippen molar-refractivity contribution in [3.63, 3.8) is 0 Å². The van der Waals surface area contributed by atoms with Crippen molar-refractivity contribution in [2.75, 3.05) is 11.9 Å². The molecule has 0 aliphatic heterocycles. The molecule has 0 aromatic heterocycles. The number of alkyl halides is 3. The van der Waals surface area contributed by atoms with Crippen LogP contribution in [0, 0.1) is 5.92 Å². The van der Waals surface area contributed by atoms with E-state index in [1.54, 1.807) is 44.2 Å². The molecule has 4 nitrogen and oxygen atoms in total. The van der Waals surface area contributed by atoms with E-state index >= 15 is 0 Å². The summed E-state index contributed by atoms with van der Waals surface area (Å²) in [5, 5.41) is 5.58. The van der Waals surface area contributed by atoms with Crippen LogP contribution in [0.5, 0.6) is 0 Å². The van der Waals surface area contributed by atoms with Crippen molar-refractivity contribution in [3.05, 3.63) is 65.2 Å². The van der Waals surface area contributed by atoms with E-state index in [9.17, 15) is 22.8 Å². The van der Waals surface area contributed by atoms with Crippen LogP contribution < -0.4 is 10.6 Å². The van der Waals surface area contributed by atoms with Crippen molar-refractivity contribution < 1.29 is 22.8 Å². The maximum absolute atomic E-state index is 13.0. The first-order valence-corrected chi connectivity index (χ1v) is 9.43. The number of carbonyl (C=O) groups excluding carboxylic acids is 2. The highest BCUT2D eigenvalue weighted by molar-refractivity contribution is 5.96. The van der Waals surface area contributed by atoms with E-state index in [1.165, 1.54) is 6.07 Å². The highest BCUT2D eigenvalue weighted by Gasteiger charge is 2.32. The predicted molar refractivity (Wildman–Crippen MR) is 105 cm³/mol. The van der Waals surface area contributed by atoms with Gasteiger partial charge in [-0.15, -0.1) is 0 Å². The van der Waals surface area contributed by atoms with Crippen molar-refractivity contribution >= 4 is 17.5 Å². The number of amides is 2. The second-order valence-corrected chi connectivity index (χ2v) is 7.99. The number of halogens is 3. The minimum atomic E-state index is -4.41. The number of hydrogen-bond donors (Lipinski definition) is 2. The molecule has 2 aromatic carbocycles. The molecule has 1 aliphatic carbocycles. The highest BCUT2D eigenvalue weighted by atomic mass is 19.4. The highest BCUT2D eigenvalue weighted by Crippen LogP contribution is 2.33. The number of hydrogen-bond acceptors (Lipinski definition) is 2. The fourth-order valence-corrected chi connectivity index (χ4v) is 2.92. The maximum Gasteiger partial charge on any atom is 0.416 e. The molecule has 2 amide bonds. The molecule has 0 saturated heterocycles. The summed E-state index contributed by atoms with van der Waals surface area (Å²) < 4.78 is 38.9. The maximum atomic E-state index is 13.0. The molecule has 29 heavy (non-hydrogen) atoms. The second kappa shape index (κ2) is 7.89. The van der Waals surface area contributed by atoms with Gasteiger partial charge in [0.1, 0.15) is 0 Å². The Hall–Kier alpha value is -2.83. The minimum Gasteiger partial charge on any atom is -0.351 e. The SMILES string of the molecule is CC(C)(CNC(=O)c1ccc(NC(=O)C2CC2)cc1)c1cccc(C(F)(F)F)c1. The molecule has 154 valence electrons. The summed E-state index contributed by atoms with van der Waals surface area (Å²) in [5.41, 5.74) is 0.135. The Balaban J connectivity index is 1.61. The van der Waals surface area contributed by atoms with Gasteiger partial charge in [-0.1, -0.05) is 32.0 Å². The Morgan fingerprint density at radius 3 is 2.21 bits per heavy atom. The van der Waals surface area contributed by atoms with Crippen LogP contribution in [0.3, 0.4) is 0 Å². The summed E-state index contributed by atoms with van der Waals surface area (Å²) in [6.45, 7) is 3.73. The molecule has 2 aromatic rings. The molecule has 1 saturated carbocycles. The summed E-state index contributed by atoms with van der Waals surface area (Å²) in [4.78, 5) is 24.2. The molecule has 0 radical (unpaired) electrons. The van der Waals surface area contributed by atoms with Gasteiger partial charge >= 0.3 is 6.18 Å². The molecule has 0 unspecified atom stereocenters. The van der Waals surface area contributed by atoms with Gasteiger partial charge in [0.15, 0.2) is 0 Å². The number of anilines is 1. The first-order chi connectivity index (χ1) is 13.6. The Labute approximate surface area is 167 Å². The van der Waals surface area contributed by atoms with Crippen LogP contribution in [0.15, 0.2) is 48.5 Å². The van der Waals surface area contributed by atoms with Crippen molar-refractivity contribution in [1.82, 2.24) is 5.32 Å². The standard InChI is InChI=1S/C22H23F3N2O2/c1-21(2,16-4-3-5-17(12-16)22(23,24)25)13-26-19(28)14-8-10-18(11-9-14)27-20(29)15-6-7-15/h3-5,8-12,15H,6-7,13H2,1-2H3,(H,26,28)(H,27,29). The zero-order chi connectivity index (χ0) is 21.2. The van der Waals surface area contributed by atoms with Gasteiger partial charge in [-0.25, -0.2) is 0 Å². The Bertz CT molecular complexity index is 901. The molecule has 0 spiro atoms.